The summed E-state index contributed by atoms with van der Waals surface area (Å²) >= 11 is 1.42. The first-order chi connectivity index (χ1) is 13.2. The van der Waals surface area contributed by atoms with Crippen LogP contribution in [-0.2, 0) is 12.8 Å². The highest BCUT2D eigenvalue weighted by Gasteiger charge is 2.14. The molecule has 0 amide bonds. The Kier molecular flexibility index (Phi) is 4.44. The molecule has 0 saturated heterocycles. The Morgan fingerprint density at radius 1 is 1.15 bits per heavy atom. The van der Waals surface area contributed by atoms with Crippen molar-refractivity contribution >= 4 is 22.7 Å². The number of benzene rings is 2. The highest BCUT2D eigenvalue weighted by atomic mass is 32.2. The SMILES string of the molecule is Cn1cnnc1CSc1nc2ccccc2c(=O)n1-c1ccc(C#N)cc1. The summed E-state index contributed by atoms with van der Waals surface area (Å²) in [4.78, 5) is 17.8. The minimum Gasteiger partial charge on any atom is -0.320 e. The van der Waals surface area contributed by atoms with Crippen molar-refractivity contribution in [2.75, 3.05) is 0 Å². The predicted octanol–water partition coefficient (Wildman–Crippen LogP) is 2.68. The molecule has 0 bridgehead atoms. The normalized spacial score (nSPS) is 10.8. The first-order valence-corrected chi connectivity index (χ1v) is 9.14. The number of hydrogen-bond donors (Lipinski definition) is 0. The van der Waals surface area contributed by atoms with Gasteiger partial charge >= 0.3 is 0 Å². The third-order valence-corrected chi connectivity index (χ3v) is 5.07. The fraction of sp³-hybridized carbons (Fsp3) is 0.105. The third kappa shape index (κ3) is 3.20. The number of aryl methyl sites for hydroxylation is 1. The molecular formula is C19H14N6OS. The van der Waals surface area contributed by atoms with E-state index in [0.717, 1.165) is 5.82 Å². The van der Waals surface area contributed by atoms with Gasteiger partial charge in [0.2, 0.25) is 0 Å². The molecule has 0 aliphatic carbocycles. The lowest BCUT2D eigenvalue weighted by Crippen LogP contribution is -2.21. The van der Waals surface area contributed by atoms with Crippen LogP contribution >= 0.6 is 11.8 Å². The second-order valence-corrected chi connectivity index (χ2v) is 6.80. The third-order valence-electron chi connectivity index (χ3n) is 4.14. The van der Waals surface area contributed by atoms with E-state index in [4.69, 9.17) is 5.26 Å². The number of nitrogens with zero attached hydrogens (tertiary/aromatic N) is 6. The minimum absolute atomic E-state index is 0.147. The van der Waals surface area contributed by atoms with Crippen LogP contribution in [0.3, 0.4) is 0 Å². The van der Waals surface area contributed by atoms with Crippen LogP contribution in [-0.4, -0.2) is 24.3 Å². The smallest absolute Gasteiger partial charge is 0.266 e. The van der Waals surface area contributed by atoms with E-state index >= 15 is 0 Å². The van der Waals surface area contributed by atoms with Crippen molar-refractivity contribution in [2.24, 2.45) is 7.05 Å². The van der Waals surface area contributed by atoms with Crippen molar-refractivity contribution in [3.8, 4) is 11.8 Å². The van der Waals surface area contributed by atoms with E-state index in [0.29, 0.717) is 33.1 Å². The molecule has 0 aliphatic rings. The molecule has 8 heteroatoms. The standard InChI is InChI=1S/C19H14N6OS/c1-24-12-21-23-17(24)11-27-19-22-16-5-3-2-4-15(16)18(26)25(19)14-8-6-13(10-20)7-9-14/h2-9,12H,11H2,1H3. The lowest BCUT2D eigenvalue weighted by Gasteiger charge is -2.13. The van der Waals surface area contributed by atoms with Gasteiger partial charge in [0.25, 0.3) is 5.56 Å². The summed E-state index contributed by atoms with van der Waals surface area (Å²) < 4.78 is 3.41. The second kappa shape index (κ2) is 7.05. The first kappa shape index (κ1) is 17.0. The number of nitriles is 1. The van der Waals surface area contributed by atoms with E-state index in [-0.39, 0.29) is 5.56 Å². The number of aromatic nitrogens is 5. The molecule has 7 nitrogen and oxygen atoms in total. The Morgan fingerprint density at radius 3 is 2.63 bits per heavy atom. The van der Waals surface area contributed by atoms with Crippen molar-refractivity contribution in [3.05, 3.63) is 76.6 Å². The molecule has 0 saturated carbocycles. The van der Waals surface area contributed by atoms with Crippen LogP contribution in [0, 0.1) is 11.3 Å². The summed E-state index contributed by atoms with van der Waals surface area (Å²) in [5, 5.41) is 18.1. The summed E-state index contributed by atoms with van der Waals surface area (Å²) in [6, 6.07) is 16.2. The average molecular weight is 374 g/mol. The highest BCUT2D eigenvalue weighted by Crippen LogP contribution is 2.24. The molecule has 0 N–H and O–H groups in total. The maximum absolute atomic E-state index is 13.1. The van der Waals surface area contributed by atoms with E-state index in [9.17, 15) is 4.79 Å². The van der Waals surface area contributed by atoms with E-state index < -0.39 is 0 Å². The quantitative estimate of drug-likeness (QED) is 0.403. The Labute approximate surface area is 158 Å². The molecule has 0 atom stereocenters. The van der Waals surface area contributed by atoms with Gasteiger partial charge in [-0.1, -0.05) is 23.9 Å². The van der Waals surface area contributed by atoms with Gasteiger partial charge in [-0.25, -0.2) is 4.98 Å². The van der Waals surface area contributed by atoms with E-state index in [1.807, 2.05) is 29.8 Å². The summed E-state index contributed by atoms with van der Waals surface area (Å²) in [7, 11) is 1.87. The van der Waals surface area contributed by atoms with Crippen molar-refractivity contribution in [2.45, 2.75) is 10.9 Å². The predicted molar refractivity (Wildman–Crippen MR) is 103 cm³/mol. The number of thioether (sulfide) groups is 1. The van der Waals surface area contributed by atoms with E-state index in [2.05, 4.69) is 21.3 Å². The number of hydrogen-bond acceptors (Lipinski definition) is 6. The van der Waals surface area contributed by atoms with Gasteiger partial charge < -0.3 is 4.57 Å². The summed E-state index contributed by atoms with van der Waals surface area (Å²) in [6.07, 6.45) is 1.64. The zero-order valence-corrected chi connectivity index (χ0v) is 15.2. The molecule has 2 heterocycles. The van der Waals surface area contributed by atoms with Crippen molar-refractivity contribution in [1.29, 1.82) is 5.26 Å². The average Bonchev–Trinajstić information content (AvgIpc) is 3.11. The molecule has 0 spiro atoms. The van der Waals surface area contributed by atoms with Gasteiger partial charge in [-0.05, 0) is 36.4 Å². The molecule has 0 radical (unpaired) electrons. The van der Waals surface area contributed by atoms with Crippen LogP contribution in [0.5, 0.6) is 0 Å². The number of rotatable bonds is 4. The highest BCUT2D eigenvalue weighted by molar-refractivity contribution is 7.98. The fourth-order valence-corrected chi connectivity index (χ4v) is 3.69. The molecular weight excluding hydrogens is 360 g/mol. The minimum atomic E-state index is -0.147. The van der Waals surface area contributed by atoms with Gasteiger partial charge in [-0.15, -0.1) is 10.2 Å². The van der Waals surface area contributed by atoms with E-state index in [1.54, 1.807) is 41.2 Å². The molecule has 132 valence electrons. The maximum atomic E-state index is 13.1. The molecule has 0 unspecified atom stereocenters. The molecule has 2 aromatic carbocycles. The maximum Gasteiger partial charge on any atom is 0.266 e. The van der Waals surface area contributed by atoms with Gasteiger partial charge in [-0.2, -0.15) is 5.26 Å². The number of fused-ring (bicyclic) bond motifs is 1. The van der Waals surface area contributed by atoms with Crippen LogP contribution < -0.4 is 5.56 Å². The van der Waals surface area contributed by atoms with Crippen LogP contribution in [0.15, 0.2) is 64.8 Å². The van der Waals surface area contributed by atoms with Gasteiger partial charge in [0, 0.05) is 7.05 Å². The van der Waals surface area contributed by atoms with Gasteiger partial charge in [0.1, 0.15) is 12.2 Å². The van der Waals surface area contributed by atoms with Crippen LogP contribution in [0.25, 0.3) is 16.6 Å². The number of para-hydroxylation sites is 1. The van der Waals surface area contributed by atoms with Crippen molar-refractivity contribution < 1.29 is 0 Å². The summed E-state index contributed by atoms with van der Waals surface area (Å²) in [5.74, 6) is 1.31. The largest absolute Gasteiger partial charge is 0.320 e. The zero-order chi connectivity index (χ0) is 18.8. The van der Waals surface area contributed by atoms with Gasteiger partial charge in [-0.3, -0.25) is 9.36 Å². The van der Waals surface area contributed by atoms with Crippen molar-refractivity contribution in [1.82, 2.24) is 24.3 Å². The van der Waals surface area contributed by atoms with E-state index in [1.165, 1.54) is 11.8 Å². The van der Waals surface area contributed by atoms with Crippen LogP contribution in [0.4, 0.5) is 0 Å². The molecule has 4 rings (SSSR count). The lowest BCUT2D eigenvalue weighted by atomic mass is 10.2. The summed E-state index contributed by atoms with van der Waals surface area (Å²) in [6.45, 7) is 0. The molecule has 0 fully saturated rings. The molecule has 2 aromatic heterocycles. The van der Waals surface area contributed by atoms with Gasteiger partial charge in [0.15, 0.2) is 5.16 Å². The van der Waals surface area contributed by atoms with Gasteiger partial charge in [0.05, 0.1) is 34.0 Å². The Hall–Kier alpha value is -3.44. The Bertz CT molecular complexity index is 1220. The zero-order valence-electron chi connectivity index (χ0n) is 14.4. The first-order valence-electron chi connectivity index (χ1n) is 8.15. The Balaban J connectivity index is 1.85. The Morgan fingerprint density at radius 2 is 1.93 bits per heavy atom. The van der Waals surface area contributed by atoms with Crippen molar-refractivity contribution in [3.63, 3.8) is 0 Å². The van der Waals surface area contributed by atoms with Crippen LogP contribution in [0.1, 0.15) is 11.4 Å². The molecule has 27 heavy (non-hydrogen) atoms. The fourth-order valence-electron chi connectivity index (χ4n) is 2.69. The summed E-state index contributed by atoms with van der Waals surface area (Å²) in [5.41, 5.74) is 1.70. The monoisotopic (exact) mass is 374 g/mol. The van der Waals surface area contributed by atoms with Crippen LogP contribution in [0.2, 0.25) is 0 Å². The topological polar surface area (TPSA) is 89.4 Å². The second-order valence-electron chi connectivity index (χ2n) is 5.86. The molecule has 0 aliphatic heterocycles. The molecule has 4 aromatic rings. The lowest BCUT2D eigenvalue weighted by molar-refractivity contribution is 0.812.